The van der Waals surface area contributed by atoms with Gasteiger partial charge in [0.2, 0.25) is 0 Å². The van der Waals surface area contributed by atoms with E-state index < -0.39 is 11.9 Å². The maximum Gasteiger partial charge on any atom is 0.323 e. The van der Waals surface area contributed by atoms with Crippen molar-refractivity contribution in [3.8, 4) is 17.2 Å². The van der Waals surface area contributed by atoms with Crippen LogP contribution in [0.4, 0.5) is 16.2 Å². The summed E-state index contributed by atoms with van der Waals surface area (Å²) in [5.74, 6) is 0.768. The molecule has 0 saturated heterocycles. The summed E-state index contributed by atoms with van der Waals surface area (Å²) >= 11 is 5.85. The normalized spacial score (nSPS) is 10.4. The highest BCUT2D eigenvalue weighted by atomic mass is 35.5. The Morgan fingerprint density at radius 1 is 0.838 bits per heavy atom. The van der Waals surface area contributed by atoms with Crippen LogP contribution < -0.4 is 26.2 Å². The van der Waals surface area contributed by atoms with E-state index in [0.717, 1.165) is 5.56 Å². The van der Waals surface area contributed by atoms with Crippen molar-refractivity contribution in [2.75, 3.05) is 17.2 Å². The Morgan fingerprint density at radius 2 is 1.49 bits per heavy atom. The number of benzene rings is 3. The van der Waals surface area contributed by atoms with Crippen LogP contribution in [0.3, 0.4) is 0 Å². The standard InChI is InChI=1S/C27H24ClN5O4/c28-19-3-5-20(6-4-19)31-27(36)32-21-7-11-23(12-8-21)37-24-14-15-29-25(17-24)26(35)33-30-16-13-18-1-9-22(34)10-2-18/h1-12,14-15,17,30,34H,13,16H2,(H,33,35)(H2,31,32,36). The van der Waals surface area contributed by atoms with Gasteiger partial charge in [-0.05, 0) is 78.7 Å². The predicted molar refractivity (Wildman–Crippen MR) is 142 cm³/mol. The Morgan fingerprint density at radius 3 is 2.16 bits per heavy atom. The van der Waals surface area contributed by atoms with Gasteiger partial charge in [0.15, 0.2) is 0 Å². The molecule has 188 valence electrons. The van der Waals surface area contributed by atoms with Gasteiger partial charge in [0, 0.05) is 35.2 Å². The number of carbonyl (C=O) groups is 2. The van der Waals surface area contributed by atoms with Crippen molar-refractivity contribution >= 4 is 34.9 Å². The number of carbonyl (C=O) groups excluding carboxylic acids is 2. The number of rotatable bonds is 9. The first-order chi connectivity index (χ1) is 17.9. The topological polar surface area (TPSA) is 125 Å². The predicted octanol–water partition coefficient (Wildman–Crippen LogP) is 5.35. The number of ether oxygens (including phenoxy) is 1. The second kappa shape index (κ2) is 12.4. The van der Waals surface area contributed by atoms with E-state index in [1.54, 1.807) is 66.7 Å². The molecular weight excluding hydrogens is 494 g/mol. The molecule has 1 heterocycles. The highest BCUT2D eigenvalue weighted by Crippen LogP contribution is 2.23. The lowest BCUT2D eigenvalue weighted by molar-refractivity contribution is 0.0928. The molecule has 10 heteroatoms. The van der Waals surface area contributed by atoms with Gasteiger partial charge in [-0.2, -0.15) is 0 Å². The van der Waals surface area contributed by atoms with Gasteiger partial charge in [-0.1, -0.05) is 23.7 Å². The third-order valence-electron chi connectivity index (χ3n) is 5.09. The van der Waals surface area contributed by atoms with Crippen molar-refractivity contribution in [1.29, 1.82) is 0 Å². The number of phenolic OH excluding ortho intramolecular Hbond substituents is 1. The van der Waals surface area contributed by atoms with Crippen LogP contribution in [0.15, 0.2) is 91.1 Å². The molecule has 3 aromatic carbocycles. The molecule has 0 bridgehead atoms. The number of halogens is 1. The second-order valence-corrected chi connectivity index (χ2v) is 8.32. The van der Waals surface area contributed by atoms with Gasteiger partial charge < -0.3 is 20.5 Å². The monoisotopic (exact) mass is 517 g/mol. The summed E-state index contributed by atoms with van der Waals surface area (Å²) < 4.78 is 5.83. The molecule has 0 atom stereocenters. The quantitative estimate of drug-likeness (QED) is 0.150. The summed E-state index contributed by atoms with van der Waals surface area (Å²) in [4.78, 5) is 28.7. The van der Waals surface area contributed by atoms with Gasteiger partial charge >= 0.3 is 6.03 Å². The lowest BCUT2D eigenvalue weighted by Gasteiger charge is -2.10. The summed E-state index contributed by atoms with van der Waals surface area (Å²) in [5, 5.41) is 15.4. The smallest absolute Gasteiger partial charge is 0.323 e. The largest absolute Gasteiger partial charge is 0.508 e. The number of nitrogens with one attached hydrogen (secondary N) is 4. The number of hydrogen-bond donors (Lipinski definition) is 5. The fraction of sp³-hybridized carbons (Fsp3) is 0.0741. The Kier molecular flexibility index (Phi) is 8.53. The molecule has 0 aliphatic carbocycles. The minimum Gasteiger partial charge on any atom is -0.508 e. The number of aromatic hydroxyl groups is 1. The van der Waals surface area contributed by atoms with Crippen molar-refractivity contribution in [3.63, 3.8) is 0 Å². The average molecular weight is 518 g/mol. The molecule has 0 aliphatic heterocycles. The van der Waals surface area contributed by atoms with E-state index in [1.165, 1.54) is 12.3 Å². The van der Waals surface area contributed by atoms with Gasteiger partial charge in [-0.15, -0.1) is 0 Å². The molecule has 0 aliphatic rings. The fourth-order valence-electron chi connectivity index (χ4n) is 3.24. The van der Waals surface area contributed by atoms with Crippen molar-refractivity contribution in [3.05, 3.63) is 107 Å². The summed E-state index contributed by atoms with van der Waals surface area (Å²) in [7, 11) is 0. The van der Waals surface area contributed by atoms with Gasteiger partial charge in [0.1, 0.15) is 22.9 Å². The molecule has 3 amide bonds. The third-order valence-corrected chi connectivity index (χ3v) is 5.34. The average Bonchev–Trinajstić information content (AvgIpc) is 2.90. The van der Waals surface area contributed by atoms with Crippen molar-refractivity contribution in [1.82, 2.24) is 15.8 Å². The Hall–Kier alpha value is -4.60. The van der Waals surface area contributed by atoms with Gasteiger partial charge in [-0.3, -0.25) is 15.2 Å². The van der Waals surface area contributed by atoms with E-state index in [9.17, 15) is 14.7 Å². The number of anilines is 2. The lowest BCUT2D eigenvalue weighted by atomic mass is 10.1. The SMILES string of the molecule is O=C(Nc1ccc(Cl)cc1)Nc1ccc(Oc2ccnc(C(=O)NNCCc3ccc(O)cc3)c2)cc1. The van der Waals surface area contributed by atoms with E-state index in [-0.39, 0.29) is 11.4 Å². The van der Waals surface area contributed by atoms with Crippen molar-refractivity contribution < 1.29 is 19.4 Å². The molecule has 4 aromatic rings. The van der Waals surface area contributed by atoms with Crippen LogP contribution in [0.5, 0.6) is 17.2 Å². The summed E-state index contributed by atoms with van der Waals surface area (Å²) in [6, 6.07) is 23.2. The Bertz CT molecular complexity index is 1350. The molecule has 4 rings (SSSR count). The van der Waals surface area contributed by atoms with E-state index >= 15 is 0 Å². The number of aromatic nitrogens is 1. The number of pyridine rings is 1. The summed E-state index contributed by atoms with van der Waals surface area (Å²) in [6.07, 6.45) is 2.16. The molecular formula is C27H24ClN5O4. The van der Waals surface area contributed by atoms with Crippen LogP contribution >= 0.6 is 11.6 Å². The zero-order valence-electron chi connectivity index (χ0n) is 19.6. The molecule has 1 aromatic heterocycles. The van der Waals surface area contributed by atoms with E-state index in [2.05, 4.69) is 26.5 Å². The molecule has 0 spiro atoms. The zero-order chi connectivity index (χ0) is 26.0. The van der Waals surface area contributed by atoms with Crippen LogP contribution in [-0.4, -0.2) is 28.6 Å². The number of hydrazine groups is 1. The van der Waals surface area contributed by atoms with Crippen LogP contribution in [0, 0.1) is 0 Å². The third kappa shape index (κ3) is 7.96. The van der Waals surface area contributed by atoms with Crippen LogP contribution in [0.25, 0.3) is 0 Å². The first-order valence-electron chi connectivity index (χ1n) is 11.3. The maximum atomic E-state index is 12.4. The first kappa shape index (κ1) is 25.5. The van der Waals surface area contributed by atoms with Crippen LogP contribution in [-0.2, 0) is 6.42 Å². The minimum absolute atomic E-state index is 0.187. The highest BCUT2D eigenvalue weighted by Gasteiger charge is 2.09. The lowest BCUT2D eigenvalue weighted by Crippen LogP contribution is -2.38. The minimum atomic E-state index is -0.401. The van der Waals surface area contributed by atoms with Gasteiger partial charge in [-0.25, -0.2) is 10.2 Å². The van der Waals surface area contributed by atoms with Gasteiger partial charge in [0.05, 0.1) is 0 Å². The maximum absolute atomic E-state index is 12.4. The molecule has 5 N–H and O–H groups in total. The van der Waals surface area contributed by atoms with Crippen molar-refractivity contribution in [2.45, 2.75) is 6.42 Å². The number of amides is 3. The fourth-order valence-corrected chi connectivity index (χ4v) is 3.37. The number of phenols is 1. The molecule has 0 radical (unpaired) electrons. The summed E-state index contributed by atoms with van der Waals surface area (Å²) in [5.41, 5.74) is 7.88. The van der Waals surface area contributed by atoms with Crippen LogP contribution in [0.2, 0.25) is 5.02 Å². The van der Waals surface area contributed by atoms with Gasteiger partial charge in [0.25, 0.3) is 5.91 Å². The number of hydrogen-bond acceptors (Lipinski definition) is 6. The van der Waals surface area contributed by atoms with Crippen molar-refractivity contribution in [2.24, 2.45) is 0 Å². The van der Waals surface area contributed by atoms with E-state index in [1.807, 2.05) is 12.1 Å². The number of nitrogens with zero attached hydrogens (tertiary/aromatic N) is 1. The number of urea groups is 1. The highest BCUT2D eigenvalue weighted by molar-refractivity contribution is 6.30. The van der Waals surface area contributed by atoms with E-state index in [0.29, 0.717) is 40.9 Å². The molecule has 0 saturated carbocycles. The Balaban J connectivity index is 1.25. The summed E-state index contributed by atoms with van der Waals surface area (Å²) in [6.45, 7) is 0.505. The molecule has 9 nitrogen and oxygen atoms in total. The molecule has 0 unspecified atom stereocenters. The molecule has 37 heavy (non-hydrogen) atoms. The molecule has 0 fully saturated rings. The second-order valence-electron chi connectivity index (χ2n) is 7.89. The van der Waals surface area contributed by atoms with E-state index in [4.69, 9.17) is 16.3 Å². The Labute approximate surface area is 218 Å². The zero-order valence-corrected chi connectivity index (χ0v) is 20.3. The first-order valence-corrected chi connectivity index (χ1v) is 11.7. The van der Waals surface area contributed by atoms with Crippen LogP contribution in [0.1, 0.15) is 16.1 Å².